The van der Waals surface area contributed by atoms with Gasteiger partial charge < -0.3 is 20.5 Å². The highest BCUT2D eigenvalue weighted by atomic mass is 16.5. The maximum Gasteiger partial charge on any atom is 0.319 e. The van der Waals surface area contributed by atoms with Gasteiger partial charge in [0.25, 0.3) is 0 Å². The van der Waals surface area contributed by atoms with E-state index in [-0.39, 0.29) is 12.5 Å². The minimum atomic E-state index is -0.854. The van der Waals surface area contributed by atoms with Crippen molar-refractivity contribution in [3.05, 3.63) is 29.8 Å². The topological polar surface area (TPSA) is 87.7 Å². The Balaban J connectivity index is 2.42. The molecule has 0 fully saturated rings. The van der Waals surface area contributed by atoms with Crippen molar-refractivity contribution in [1.29, 1.82) is 0 Å². The number of aliphatic carboxylic acids is 1. The zero-order valence-electron chi connectivity index (χ0n) is 12.2. The molecule has 0 aliphatic heterocycles. The smallest absolute Gasteiger partial charge is 0.319 e. The standard InChI is InChI=1S/C15H22N2O4/c1-21-11-5-4-10-16-15(20)17-13-7-3-2-6-12(13)8-9-14(18)19/h2-3,6-7H,4-5,8-11H2,1H3,(H,18,19)(H2,16,17,20). The largest absolute Gasteiger partial charge is 0.481 e. The molecule has 1 aromatic carbocycles. The SMILES string of the molecule is COCCCCNC(=O)Nc1ccccc1CCC(=O)O. The number of rotatable bonds is 9. The number of carbonyl (C=O) groups excluding carboxylic acids is 1. The van der Waals surface area contributed by atoms with Crippen LogP contribution in [0.25, 0.3) is 0 Å². The van der Waals surface area contributed by atoms with Gasteiger partial charge in [-0.15, -0.1) is 0 Å². The van der Waals surface area contributed by atoms with Crippen molar-refractivity contribution >= 4 is 17.7 Å². The van der Waals surface area contributed by atoms with E-state index in [0.29, 0.717) is 25.3 Å². The zero-order chi connectivity index (χ0) is 15.5. The summed E-state index contributed by atoms with van der Waals surface area (Å²) in [6.45, 7) is 1.26. The quantitative estimate of drug-likeness (QED) is 0.610. The third-order valence-corrected chi connectivity index (χ3v) is 2.93. The van der Waals surface area contributed by atoms with Crippen LogP contribution in [0.4, 0.5) is 10.5 Å². The van der Waals surface area contributed by atoms with Crippen LogP contribution < -0.4 is 10.6 Å². The second-order valence-electron chi connectivity index (χ2n) is 4.63. The lowest BCUT2D eigenvalue weighted by Gasteiger charge is -2.11. The number of nitrogens with one attached hydrogen (secondary N) is 2. The number of hydrogen-bond donors (Lipinski definition) is 3. The summed E-state index contributed by atoms with van der Waals surface area (Å²) in [4.78, 5) is 22.4. The molecule has 0 aliphatic carbocycles. The lowest BCUT2D eigenvalue weighted by Crippen LogP contribution is -2.30. The Morgan fingerprint density at radius 3 is 2.71 bits per heavy atom. The Morgan fingerprint density at radius 1 is 1.24 bits per heavy atom. The molecule has 0 spiro atoms. The van der Waals surface area contributed by atoms with Crippen LogP contribution in [0.15, 0.2) is 24.3 Å². The second kappa shape index (κ2) is 9.77. The first kappa shape index (κ1) is 17.0. The van der Waals surface area contributed by atoms with Crippen LogP contribution in [-0.4, -0.2) is 37.4 Å². The minimum Gasteiger partial charge on any atom is -0.481 e. The van der Waals surface area contributed by atoms with Crippen molar-refractivity contribution < 1.29 is 19.4 Å². The first-order chi connectivity index (χ1) is 10.1. The lowest BCUT2D eigenvalue weighted by molar-refractivity contribution is -0.136. The molecule has 6 heteroatoms. The van der Waals surface area contributed by atoms with E-state index < -0.39 is 5.97 Å². The highest BCUT2D eigenvalue weighted by Gasteiger charge is 2.07. The summed E-state index contributed by atoms with van der Waals surface area (Å²) in [6.07, 6.45) is 2.17. The number of amides is 2. The number of carbonyl (C=O) groups is 2. The van der Waals surface area contributed by atoms with Gasteiger partial charge in [-0.1, -0.05) is 18.2 Å². The van der Waals surface area contributed by atoms with Crippen molar-refractivity contribution in [1.82, 2.24) is 5.32 Å². The normalized spacial score (nSPS) is 10.1. The van der Waals surface area contributed by atoms with Crippen LogP contribution >= 0.6 is 0 Å². The van der Waals surface area contributed by atoms with Crippen molar-refractivity contribution in [2.45, 2.75) is 25.7 Å². The van der Waals surface area contributed by atoms with Crippen molar-refractivity contribution in [3.63, 3.8) is 0 Å². The molecule has 0 bridgehead atoms. The molecule has 0 heterocycles. The van der Waals surface area contributed by atoms with E-state index in [1.807, 2.05) is 12.1 Å². The van der Waals surface area contributed by atoms with Gasteiger partial charge in [0, 0.05) is 32.4 Å². The van der Waals surface area contributed by atoms with Gasteiger partial charge in [-0.3, -0.25) is 4.79 Å². The highest BCUT2D eigenvalue weighted by molar-refractivity contribution is 5.90. The molecule has 1 aromatic rings. The van der Waals surface area contributed by atoms with Gasteiger partial charge in [0.2, 0.25) is 0 Å². The number of carboxylic acid groups (broad SMARTS) is 1. The van der Waals surface area contributed by atoms with E-state index in [1.165, 1.54) is 0 Å². The minimum absolute atomic E-state index is 0.0390. The van der Waals surface area contributed by atoms with Crippen molar-refractivity contribution in [3.8, 4) is 0 Å². The fraction of sp³-hybridized carbons (Fsp3) is 0.467. The lowest BCUT2D eigenvalue weighted by atomic mass is 10.1. The number of unbranched alkanes of at least 4 members (excludes halogenated alkanes) is 1. The summed E-state index contributed by atoms with van der Waals surface area (Å²) in [7, 11) is 1.65. The fourth-order valence-corrected chi connectivity index (χ4v) is 1.84. The molecule has 0 unspecified atom stereocenters. The van der Waals surface area contributed by atoms with E-state index in [4.69, 9.17) is 9.84 Å². The molecule has 0 aromatic heterocycles. The monoisotopic (exact) mass is 294 g/mol. The van der Waals surface area contributed by atoms with Gasteiger partial charge in [-0.2, -0.15) is 0 Å². The molecule has 21 heavy (non-hydrogen) atoms. The van der Waals surface area contributed by atoms with Gasteiger partial charge in [0.05, 0.1) is 0 Å². The number of methoxy groups -OCH3 is 1. The Kier molecular flexibility index (Phi) is 7.89. The van der Waals surface area contributed by atoms with E-state index >= 15 is 0 Å². The third-order valence-electron chi connectivity index (χ3n) is 2.93. The molecule has 6 nitrogen and oxygen atoms in total. The van der Waals surface area contributed by atoms with Crippen LogP contribution in [-0.2, 0) is 16.0 Å². The Labute approximate surface area is 124 Å². The first-order valence-corrected chi connectivity index (χ1v) is 6.97. The first-order valence-electron chi connectivity index (χ1n) is 6.97. The van der Waals surface area contributed by atoms with E-state index in [1.54, 1.807) is 19.2 Å². The molecule has 0 radical (unpaired) electrons. The number of aryl methyl sites for hydroxylation is 1. The van der Waals surface area contributed by atoms with Gasteiger partial charge >= 0.3 is 12.0 Å². The number of urea groups is 1. The molecule has 0 saturated heterocycles. The third kappa shape index (κ3) is 7.31. The molecule has 3 N–H and O–H groups in total. The Bertz CT molecular complexity index is 463. The van der Waals surface area contributed by atoms with E-state index in [0.717, 1.165) is 18.4 Å². The molecule has 116 valence electrons. The molecule has 1 rings (SSSR count). The molecule has 0 atom stereocenters. The second-order valence-corrected chi connectivity index (χ2v) is 4.63. The summed E-state index contributed by atoms with van der Waals surface area (Å²) in [6, 6.07) is 6.93. The Morgan fingerprint density at radius 2 is 2.00 bits per heavy atom. The predicted octanol–water partition coefficient (Wildman–Crippen LogP) is 2.25. The predicted molar refractivity (Wildman–Crippen MR) is 80.5 cm³/mol. The number of anilines is 1. The fourth-order valence-electron chi connectivity index (χ4n) is 1.84. The summed E-state index contributed by atoms with van der Waals surface area (Å²) >= 11 is 0. The average molecular weight is 294 g/mol. The van der Waals surface area contributed by atoms with Crippen LogP contribution in [0.3, 0.4) is 0 Å². The molecular weight excluding hydrogens is 272 g/mol. The van der Waals surface area contributed by atoms with E-state index in [9.17, 15) is 9.59 Å². The zero-order valence-corrected chi connectivity index (χ0v) is 12.2. The maximum atomic E-state index is 11.8. The summed E-state index contributed by atoms with van der Waals surface area (Å²) < 4.78 is 4.93. The summed E-state index contributed by atoms with van der Waals surface area (Å²) in [5.41, 5.74) is 1.46. The molecular formula is C15H22N2O4. The van der Waals surface area contributed by atoms with Gasteiger partial charge in [0.1, 0.15) is 0 Å². The number of para-hydroxylation sites is 1. The summed E-state index contributed by atoms with van der Waals surface area (Å²) in [5.74, 6) is -0.854. The number of ether oxygens (including phenoxy) is 1. The number of benzene rings is 1. The van der Waals surface area contributed by atoms with Gasteiger partial charge in [0.15, 0.2) is 0 Å². The van der Waals surface area contributed by atoms with Crippen LogP contribution in [0.5, 0.6) is 0 Å². The molecule has 0 saturated carbocycles. The number of carboxylic acids is 1. The van der Waals surface area contributed by atoms with Crippen LogP contribution in [0, 0.1) is 0 Å². The highest BCUT2D eigenvalue weighted by Crippen LogP contribution is 2.16. The van der Waals surface area contributed by atoms with Gasteiger partial charge in [-0.05, 0) is 30.9 Å². The number of hydrogen-bond acceptors (Lipinski definition) is 3. The summed E-state index contributed by atoms with van der Waals surface area (Å²) in [5, 5.41) is 14.2. The van der Waals surface area contributed by atoms with Crippen molar-refractivity contribution in [2.75, 3.05) is 25.6 Å². The van der Waals surface area contributed by atoms with Crippen LogP contribution in [0.2, 0.25) is 0 Å². The average Bonchev–Trinajstić information content (AvgIpc) is 2.46. The van der Waals surface area contributed by atoms with Gasteiger partial charge in [-0.25, -0.2) is 4.79 Å². The van der Waals surface area contributed by atoms with Crippen LogP contribution in [0.1, 0.15) is 24.8 Å². The maximum absolute atomic E-state index is 11.8. The van der Waals surface area contributed by atoms with E-state index in [2.05, 4.69) is 10.6 Å². The molecule has 2 amide bonds. The molecule has 0 aliphatic rings. The van der Waals surface area contributed by atoms with Crippen molar-refractivity contribution in [2.24, 2.45) is 0 Å². The Hall–Kier alpha value is -2.08.